The molecule has 84 valence electrons. The number of hydrogen-bond acceptors (Lipinski definition) is 1. The zero-order chi connectivity index (χ0) is 11.3. The topological polar surface area (TPSA) is 9.23 Å². The fourth-order valence-electron chi connectivity index (χ4n) is 1.96. The third-order valence-corrected chi connectivity index (χ3v) is 2.81. The molecule has 1 heteroatoms. The predicted octanol–water partition coefficient (Wildman–Crippen LogP) is 3.98. The van der Waals surface area contributed by atoms with Crippen LogP contribution in [0.1, 0.15) is 44.7 Å². The van der Waals surface area contributed by atoms with Crippen molar-refractivity contribution in [3.8, 4) is 0 Å². The summed E-state index contributed by atoms with van der Waals surface area (Å²) < 4.78 is 5.57. The minimum atomic E-state index is 0.588. The van der Waals surface area contributed by atoms with E-state index in [0.29, 0.717) is 11.8 Å². The van der Waals surface area contributed by atoms with Gasteiger partial charge in [-0.15, -0.1) is 0 Å². The lowest BCUT2D eigenvalue weighted by Crippen LogP contribution is -2.20. The van der Waals surface area contributed by atoms with Crippen LogP contribution in [0.3, 0.4) is 0 Å². The molecule has 1 unspecified atom stereocenters. The second-order valence-corrected chi connectivity index (χ2v) is 4.06. The summed E-state index contributed by atoms with van der Waals surface area (Å²) in [6.07, 6.45) is 0. The van der Waals surface area contributed by atoms with E-state index >= 15 is 0 Å². The van der Waals surface area contributed by atoms with Crippen LogP contribution in [0.25, 0.3) is 0 Å². The SMILES string of the molecule is CC.CC(C)C1COCc2ccccc21. The zero-order valence-electron chi connectivity index (χ0n) is 10.3. The van der Waals surface area contributed by atoms with E-state index in [0.717, 1.165) is 13.2 Å². The van der Waals surface area contributed by atoms with Crippen LogP contribution in [0, 0.1) is 5.92 Å². The van der Waals surface area contributed by atoms with E-state index in [4.69, 9.17) is 4.74 Å². The van der Waals surface area contributed by atoms with Crippen molar-refractivity contribution >= 4 is 0 Å². The second-order valence-electron chi connectivity index (χ2n) is 4.06. The van der Waals surface area contributed by atoms with Gasteiger partial charge in [0.05, 0.1) is 13.2 Å². The lowest BCUT2D eigenvalue weighted by atomic mass is 9.85. The van der Waals surface area contributed by atoms with E-state index in [9.17, 15) is 0 Å². The normalized spacial score (nSPS) is 19.1. The third-order valence-electron chi connectivity index (χ3n) is 2.81. The Bertz CT molecular complexity index is 291. The Morgan fingerprint density at radius 3 is 2.53 bits per heavy atom. The molecule has 1 aromatic rings. The highest BCUT2D eigenvalue weighted by Crippen LogP contribution is 2.31. The van der Waals surface area contributed by atoms with Gasteiger partial charge in [-0.1, -0.05) is 52.0 Å². The van der Waals surface area contributed by atoms with Crippen molar-refractivity contribution in [2.24, 2.45) is 5.92 Å². The summed E-state index contributed by atoms with van der Waals surface area (Å²) in [5.41, 5.74) is 2.86. The summed E-state index contributed by atoms with van der Waals surface area (Å²) in [7, 11) is 0. The number of fused-ring (bicyclic) bond motifs is 1. The molecule has 1 atom stereocenters. The van der Waals surface area contributed by atoms with E-state index in [-0.39, 0.29) is 0 Å². The van der Waals surface area contributed by atoms with Gasteiger partial charge in [-0.2, -0.15) is 0 Å². The number of hydrogen-bond donors (Lipinski definition) is 0. The maximum atomic E-state index is 5.57. The molecule has 0 aliphatic carbocycles. The van der Waals surface area contributed by atoms with Crippen LogP contribution in [-0.4, -0.2) is 6.61 Å². The lowest BCUT2D eigenvalue weighted by Gasteiger charge is -2.28. The Balaban J connectivity index is 0.000000531. The van der Waals surface area contributed by atoms with Crippen LogP contribution in [-0.2, 0) is 11.3 Å². The molecule has 0 aromatic heterocycles. The van der Waals surface area contributed by atoms with E-state index in [1.165, 1.54) is 11.1 Å². The summed E-state index contributed by atoms with van der Waals surface area (Å²) in [6.45, 7) is 10.2. The molecule has 15 heavy (non-hydrogen) atoms. The summed E-state index contributed by atoms with van der Waals surface area (Å²) in [4.78, 5) is 0. The van der Waals surface area contributed by atoms with Gasteiger partial charge in [0.15, 0.2) is 0 Å². The first kappa shape index (κ1) is 12.3. The molecule has 1 aromatic carbocycles. The van der Waals surface area contributed by atoms with Crippen molar-refractivity contribution in [3.05, 3.63) is 35.4 Å². The Kier molecular flexibility index (Phi) is 4.83. The number of benzene rings is 1. The molecule has 0 amide bonds. The minimum Gasteiger partial charge on any atom is -0.376 e. The fraction of sp³-hybridized carbons (Fsp3) is 0.571. The highest BCUT2D eigenvalue weighted by atomic mass is 16.5. The highest BCUT2D eigenvalue weighted by Gasteiger charge is 2.22. The summed E-state index contributed by atoms with van der Waals surface area (Å²) in [5, 5.41) is 0. The van der Waals surface area contributed by atoms with Gasteiger partial charge in [-0.05, 0) is 17.0 Å². The molecular weight excluding hydrogens is 184 g/mol. The minimum absolute atomic E-state index is 0.588. The first-order valence-corrected chi connectivity index (χ1v) is 5.94. The smallest absolute Gasteiger partial charge is 0.0719 e. The largest absolute Gasteiger partial charge is 0.376 e. The average Bonchev–Trinajstić information content (AvgIpc) is 2.31. The highest BCUT2D eigenvalue weighted by molar-refractivity contribution is 5.31. The molecule has 0 saturated heterocycles. The molecule has 0 N–H and O–H groups in total. The third kappa shape index (κ3) is 2.82. The Morgan fingerprint density at radius 2 is 1.87 bits per heavy atom. The number of rotatable bonds is 1. The number of ether oxygens (including phenoxy) is 1. The molecule has 1 aliphatic rings. The molecule has 1 aliphatic heterocycles. The molecule has 0 saturated carbocycles. The standard InChI is InChI=1S/C12H16O.C2H6/c1-9(2)12-8-13-7-10-5-3-4-6-11(10)12;1-2/h3-6,9,12H,7-8H2,1-2H3;1-2H3. The summed E-state index contributed by atoms with van der Waals surface area (Å²) in [5.74, 6) is 1.26. The van der Waals surface area contributed by atoms with Crippen LogP contribution in [0.4, 0.5) is 0 Å². The van der Waals surface area contributed by atoms with Crippen molar-refractivity contribution < 1.29 is 4.74 Å². The maximum absolute atomic E-state index is 5.57. The van der Waals surface area contributed by atoms with Gasteiger partial charge < -0.3 is 4.74 Å². The molecule has 0 fully saturated rings. The van der Waals surface area contributed by atoms with Crippen molar-refractivity contribution in [2.45, 2.75) is 40.2 Å². The summed E-state index contributed by atoms with van der Waals surface area (Å²) >= 11 is 0. The fourth-order valence-corrected chi connectivity index (χ4v) is 1.96. The van der Waals surface area contributed by atoms with Crippen LogP contribution < -0.4 is 0 Å². The lowest BCUT2D eigenvalue weighted by molar-refractivity contribution is 0.0793. The monoisotopic (exact) mass is 206 g/mol. The van der Waals surface area contributed by atoms with Gasteiger partial charge in [0, 0.05) is 5.92 Å². The molecule has 2 rings (SSSR count). The van der Waals surface area contributed by atoms with E-state index in [2.05, 4.69) is 38.1 Å². The van der Waals surface area contributed by atoms with Crippen molar-refractivity contribution in [1.29, 1.82) is 0 Å². The van der Waals surface area contributed by atoms with Gasteiger partial charge in [0.2, 0.25) is 0 Å². The van der Waals surface area contributed by atoms with Gasteiger partial charge >= 0.3 is 0 Å². The van der Waals surface area contributed by atoms with Gasteiger partial charge in [-0.3, -0.25) is 0 Å². The Labute approximate surface area is 93.5 Å². The molecular formula is C14H22O. The van der Waals surface area contributed by atoms with Gasteiger partial charge in [0.1, 0.15) is 0 Å². The van der Waals surface area contributed by atoms with E-state index in [1.807, 2.05) is 13.8 Å². The van der Waals surface area contributed by atoms with Crippen LogP contribution in [0.5, 0.6) is 0 Å². The van der Waals surface area contributed by atoms with Gasteiger partial charge in [0.25, 0.3) is 0 Å². The van der Waals surface area contributed by atoms with Crippen molar-refractivity contribution in [1.82, 2.24) is 0 Å². The van der Waals surface area contributed by atoms with Crippen LogP contribution in [0.2, 0.25) is 0 Å². The molecule has 0 bridgehead atoms. The van der Waals surface area contributed by atoms with Crippen molar-refractivity contribution in [2.75, 3.05) is 6.61 Å². The maximum Gasteiger partial charge on any atom is 0.0719 e. The van der Waals surface area contributed by atoms with Crippen LogP contribution in [0.15, 0.2) is 24.3 Å². The summed E-state index contributed by atoms with van der Waals surface area (Å²) in [6, 6.07) is 8.62. The van der Waals surface area contributed by atoms with E-state index < -0.39 is 0 Å². The van der Waals surface area contributed by atoms with Crippen molar-refractivity contribution in [3.63, 3.8) is 0 Å². The molecule has 0 radical (unpaired) electrons. The first-order chi connectivity index (χ1) is 7.29. The predicted molar refractivity (Wildman–Crippen MR) is 65.0 cm³/mol. The van der Waals surface area contributed by atoms with E-state index in [1.54, 1.807) is 0 Å². The zero-order valence-corrected chi connectivity index (χ0v) is 10.3. The Hall–Kier alpha value is -0.820. The Morgan fingerprint density at radius 1 is 1.20 bits per heavy atom. The quantitative estimate of drug-likeness (QED) is 0.675. The van der Waals surface area contributed by atoms with Gasteiger partial charge in [-0.25, -0.2) is 0 Å². The molecule has 1 nitrogen and oxygen atoms in total. The average molecular weight is 206 g/mol. The molecule has 1 heterocycles. The van der Waals surface area contributed by atoms with Crippen LogP contribution >= 0.6 is 0 Å². The second kappa shape index (κ2) is 5.92. The first-order valence-electron chi connectivity index (χ1n) is 5.94. The molecule has 0 spiro atoms.